The minimum atomic E-state index is -2.63. The molecule has 3 aliphatic carbocycles. The van der Waals surface area contributed by atoms with E-state index in [1.807, 2.05) is 32.0 Å². The van der Waals surface area contributed by atoms with Crippen molar-refractivity contribution in [3.05, 3.63) is 39.7 Å². The van der Waals surface area contributed by atoms with E-state index in [0.29, 0.717) is 17.5 Å². The van der Waals surface area contributed by atoms with Gasteiger partial charge in [0.1, 0.15) is 22.8 Å². The molecule has 0 saturated heterocycles. The zero-order valence-electron chi connectivity index (χ0n) is 21.1. The van der Waals surface area contributed by atoms with Crippen LogP contribution in [0.3, 0.4) is 0 Å². The number of ketones is 2. The highest BCUT2D eigenvalue weighted by Crippen LogP contribution is 2.54. The molecule has 37 heavy (non-hydrogen) atoms. The number of aliphatic hydroxyl groups excluding tert-OH is 2. The number of hydrogen-bond donors (Lipinski definition) is 5. The van der Waals surface area contributed by atoms with Crippen molar-refractivity contribution in [3.63, 3.8) is 0 Å². The number of aromatic hydroxyl groups is 1. The van der Waals surface area contributed by atoms with Gasteiger partial charge in [0.2, 0.25) is 5.78 Å². The van der Waals surface area contributed by atoms with Gasteiger partial charge in [-0.05, 0) is 56.5 Å². The van der Waals surface area contributed by atoms with Crippen molar-refractivity contribution >= 4 is 28.9 Å². The van der Waals surface area contributed by atoms with E-state index in [-0.39, 0.29) is 37.2 Å². The molecule has 4 atom stereocenters. The predicted octanol–water partition coefficient (Wildman–Crippen LogP) is 1.62. The Balaban J connectivity index is 0.00000380. The maximum atomic E-state index is 13.9. The van der Waals surface area contributed by atoms with Crippen LogP contribution in [0.1, 0.15) is 43.9 Å². The number of likely N-dealkylation sites (N-methyl/N-ethyl adjacent to an activating group) is 1. The first-order chi connectivity index (χ1) is 16.8. The van der Waals surface area contributed by atoms with E-state index in [1.54, 1.807) is 14.1 Å². The highest BCUT2D eigenvalue weighted by Gasteiger charge is 2.64. The van der Waals surface area contributed by atoms with Gasteiger partial charge in [-0.1, -0.05) is 20.8 Å². The smallest absolute Gasteiger partial charge is 0.255 e. The lowest BCUT2D eigenvalue weighted by Crippen LogP contribution is -2.65. The molecule has 0 aromatic heterocycles. The normalized spacial score (nSPS) is 26.9. The Labute approximate surface area is 216 Å². The molecule has 0 unspecified atom stereocenters. The zero-order valence-corrected chi connectivity index (χ0v) is 21.1. The number of amides is 1. The average Bonchev–Trinajstić information content (AvgIpc) is 2.77. The SMILES string of the molecule is C.CCCc1cc(N(C)C)c2c(c1O)C(O)=C1C(=O)[C@]3(O)C(O)=C(C(N)=O)C(=O)[C@@H](N(C)C)[C@@H]3C[C@@H]1C2. The molecule has 1 aromatic carbocycles. The van der Waals surface area contributed by atoms with Gasteiger partial charge in [-0.3, -0.25) is 19.3 Å². The fourth-order valence-electron chi connectivity index (χ4n) is 6.20. The summed E-state index contributed by atoms with van der Waals surface area (Å²) in [5, 5.41) is 45.1. The number of phenolic OH excluding ortho intramolecular Hbond substituents is 1. The summed E-state index contributed by atoms with van der Waals surface area (Å²) in [5.74, 6) is -6.40. The molecule has 0 heterocycles. The molecule has 1 amide bonds. The van der Waals surface area contributed by atoms with E-state index >= 15 is 0 Å². The van der Waals surface area contributed by atoms with Crippen molar-refractivity contribution in [1.82, 2.24) is 4.90 Å². The lowest BCUT2D eigenvalue weighted by molar-refractivity contribution is -0.153. The van der Waals surface area contributed by atoms with Crippen LogP contribution in [0.4, 0.5) is 5.69 Å². The van der Waals surface area contributed by atoms with Crippen LogP contribution in [0.2, 0.25) is 0 Å². The zero-order chi connectivity index (χ0) is 26.9. The monoisotopic (exact) mass is 515 g/mol. The highest BCUT2D eigenvalue weighted by molar-refractivity contribution is 6.24. The van der Waals surface area contributed by atoms with Crippen LogP contribution >= 0.6 is 0 Å². The summed E-state index contributed by atoms with van der Waals surface area (Å²) in [7, 11) is 6.84. The third-order valence-corrected chi connectivity index (χ3v) is 7.78. The van der Waals surface area contributed by atoms with Crippen molar-refractivity contribution < 1.29 is 34.8 Å². The van der Waals surface area contributed by atoms with Gasteiger partial charge in [0.15, 0.2) is 11.4 Å². The van der Waals surface area contributed by atoms with Gasteiger partial charge in [-0.25, -0.2) is 0 Å². The number of hydrogen-bond acceptors (Lipinski definition) is 9. The molecule has 0 bridgehead atoms. The Morgan fingerprint density at radius 3 is 2.30 bits per heavy atom. The van der Waals surface area contributed by atoms with Crippen molar-refractivity contribution in [2.75, 3.05) is 33.1 Å². The number of Topliss-reactive ketones (excluding diaryl/α,β-unsaturated/α-hetero) is 2. The number of fused-ring (bicyclic) bond motifs is 3. The van der Waals surface area contributed by atoms with Crippen molar-refractivity contribution in [1.29, 1.82) is 0 Å². The molecule has 4 rings (SSSR count). The van der Waals surface area contributed by atoms with Crippen LogP contribution < -0.4 is 10.6 Å². The minimum Gasteiger partial charge on any atom is -0.508 e. The molecule has 0 radical (unpaired) electrons. The largest absolute Gasteiger partial charge is 0.508 e. The second-order valence-corrected chi connectivity index (χ2v) is 10.4. The Bertz CT molecular complexity index is 1250. The van der Waals surface area contributed by atoms with Gasteiger partial charge in [0, 0.05) is 31.3 Å². The first kappa shape index (κ1) is 28.2. The summed E-state index contributed by atoms with van der Waals surface area (Å²) >= 11 is 0. The van der Waals surface area contributed by atoms with E-state index in [9.17, 15) is 34.8 Å². The number of anilines is 1. The molecular formula is C27H37N3O7. The maximum Gasteiger partial charge on any atom is 0.255 e. The average molecular weight is 516 g/mol. The van der Waals surface area contributed by atoms with Crippen molar-refractivity contribution in [2.45, 2.75) is 51.7 Å². The molecule has 1 aromatic rings. The number of carbonyl (C=O) groups excluding carboxylic acids is 3. The standard InChI is InChI=1S/C26H33N3O7.CH4/c1-6-7-11-10-15(28(2)3)13-8-12-9-14-19(29(4)5)22(32)18(25(27)35)24(34)26(14,36)23(33)16(12)21(31)17(13)20(11)30;/h10,12,14,19,30-31,34,36H,6-9H2,1-5H3,(H2,27,35);1H4/t12-,14-,19-,26-;/m0./s1. The number of benzene rings is 1. The molecular weight excluding hydrogens is 478 g/mol. The Hall–Kier alpha value is -3.37. The minimum absolute atomic E-state index is 0. The second-order valence-electron chi connectivity index (χ2n) is 10.4. The quantitative estimate of drug-likeness (QED) is 0.366. The fraction of sp³-hybridized carbons (Fsp3) is 0.519. The van der Waals surface area contributed by atoms with Crippen molar-refractivity contribution in [3.8, 4) is 5.75 Å². The van der Waals surface area contributed by atoms with Gasteiger partial charge in [-0.2, -0.15) is 0 Å². The lowest BCUT2D eigenvalue weighted by Gasteiger charge is -2.50. The third-order valence-electron chi connectivity index (χ3n) is 7.78. The van der Waals surface area contributed by atoms with Crippen LogP contribution in [0.5, 0.6) is 5.75 Å². The molecule has 10 heteroatoms. The van der Waals surface area contributed by atoms with Gasteiger partial charge in [0.05, 0.1) is 11.6 Å². The molecule has 6 N–H and O–H groups in total. The number of aryl methyl sites for hydroxylation is 1. The van der Waals surface area contributed by atoms with Crippen LogP contribution in [-0.4, -0.2) is 82.6 Å². The number of nitrogens with two attached hydrogens (primary N) is 1. The number of aliphatic hydroxyl groups is 3. The van der Waals surface area contributed by atoms with E-state index in [4.69, 9.17) is 5.73 Å². The van der Waals surface area contributed by atoms with E-state index in [1.165, 1.54) is 4.90 Å². The molecule has 1 fully saturated rings. The van der Waals surface area contributed by atoms with Gasteiger partial charge in [0.25, 0.3) is 5.91 Å². The number of rotatable bonds is 5. The number of carbonyl (C=O) groups is 3. The topological polar surface area (TPSA) is 165 Å². The first-order valence-electron chi connectivity index (χ1n) is 12.0. The number of phenols is 1. The number of primary amides is 1. The van der Waals surface area contributed by atoms with Crippen LogP contribution in [-0.2, 0) is 27.2 Å². The van der Waals surface area contributed by atoms with E-state index in [2.05, 4.69) is 0 Å². The molecule has 0 aliphatic heterocycles. The maximum absolute atomic E-state index is 13.9. The second kappa shape index (κ2) is 9.50. The number of nitrogens with zero attached hydrogens (tertiary/aromatic N) is 2. The third kappa shape index (κ3) is 3.81. The lowest BCUT2D eigenvalue weighted by atomic mass is 9.57. The van der Waals surface area contributed by atoms with E-state index in [0.717, 1.165) is 12.1 Å². The molecule has 202 valence electrons. The summed E-state index contributed by atoms with van der Waals surface area (Å²) in [6.45, 7) is 1.96. The van der Waals surface area contributed by atoms with Crippen LogP contribution in [0.15, 0.2) is 23.0 Å². The first-order valence-corrected chi connectivity index (χ1v) is 12.0. The summed E-state index contributed by atoms with van der Waals surface area (Å²) in [5.41, 5.74) is 3.93. The fourth-order valence-corrected chi connectivity index (χ4v) is 6.20. The Morgan fingerprint density at radius 1 is 1.16 bits per heavy atom. The summed E-state index contributed by atoms with van der Waals surface area (Å²) in [6, 6.07) is 0.772. The summed E-state index contributed by atoms with van der Waals surface area (Å²) < 4.78 is 0. The molecule has 0 spiro atoms. The van der Waals surface area contributed by atoms with Crippen LogP contribution in [0, 0.1) is 11.8 Å². The highest BCUT2D eigenvalue weighted by atomic mass is 16.3. The summed E-state index contributed by atoms with van der Waals surface area (Å²) in [6.07, 6.45) is 1.62. The van der Waals surface area contributed by atoms with Gasteiger partial charge < -0.3 is 31.1 Å². The Morgan fingerprint density at radius 2 is 1.78 bits per heavy atom. The predicted molar refractivity (Wildman–Crippen MR) is 139 cm³/mol. The molecule has 3 aliphatic rings. The molecule has 1 saturated carbocycles. The van der Waals surface area contributed by atoms with Gasteiger partial charge >= 0.3 is 0 Å². The van der Waals surface area contributed by atoms with Gasteiger partial charge in [-0.15, -0.1) is 0 Å². The molecule has 10 nitrogen and oxygen atoms in total. The van der Waals surface area contributed by atoms with E-state index < -0.39 is 58.0 Å². The Kier molecular flexibility index (Phi) is 7.24. The van der Waals surface area contributed by atoms with Crippen LogP contribution in [0.25, 0.3) is 5.76 Å². The van der Waals surface area contributed by atoms with Crippen molar-refractivity contribution in [2.24, 2.45) is 17.6 Å². The summed E-state index contributed by atoms with van der Waals surface area (Å²) in [4.78, 5) is 42.5.